The van der Waals surface area contributed by atoms with E-state index in [4.69, 9.17) is 23.2 Å². The van der Waals surface area contributed by atoms with Crippen molar-refractivity contribution in [3.05, 3.63) is 33.8 Å². The second-order valence-electron chi connectivity index (χ2n) is 3.56. The Morgan fingerprint density at radius 1 is 1.39 bits per heavy atom. The lowest BCUT2D eigenvalue weighted by molar-refractivity contribution is -0.104. The van der Waals surface area contributed by atoms with Crippen LogP contribution in [-0.4, -0.2) is 18.6 Å². The van der Waals surface area contributed by atoms with Gasteiger partial charge in [0, 0.05) is 5.56 Å². The zero-order chi connectivity index (χ0) is 12.6. The van der Waals surface area contributed by atoms with E-state index in [1.165, 1.54) is 18.2 Å². The summed E-state index contributed by atoms with van der Waals surface area (Å²) in [5, 5.41) is 2.19. The first-order valence-corrected chi connectivity index (χ1v) is 5.42. The molecule has 100 valence electrons. The van der Waals surface area contributed by atoms with Gasteiger partial charge in [-0.05, 0) is 6.07 Å². The fourth-order valence-electron chi connectivity index (χ4n) is 1.56. The Kier molecular flexibility index (Phi) is 4.64. The number of hydrogen-bond acceptors (Lipinski definition) is 2. The molecule has 0 bridgehead atoms. The number of cyclic esters (lactones) is 1. The summed E-state index contributed by atoms with van der Waals surface area (Å²) < 4.78 is 31.4. The van der Waals surface area contributed by atoms with E-state index >= 15 is 0 Å². The summed E-state index contributed by atoms with van der Waals surface area (Å²) in [6.45, 7) is -0.980. The fraction of sp³-hybridized carbons (Fsp3) is 0.300. The second-order valence-corrected chi connectivity index (χ2v) is 4.34. The Morgan fingerprint density at radius 3 is 2.72 bits per heavy atom. The van der Waals surface area contributed by atoms with Crippen molar-refractivity contribution in [2.45, 2.75) is 12.0 Å². The Bertz CT molecular complexity index is 470. The van der Waals surface area contributed by atoms with Crippen molar-refractivity contribution >= 4 is 41.7 Å². The molecule has 0 saturated carbocycles. The molecule has 1 aromatic carbocycles. The SMILES string of the molecule is Cl.O=C1N[C@H](c2cccc(Cl)c2Cl)C(F)(F)CO1. The highest BCUT2D eigenvalue weighted by Crippen LogP contribution is 2.39. The second kappa shape index (κ2) is 5.47. The number of halogens is 5. The molecule has 0 aromatic heterocycles. The summed E-state index contributed by atoms with van der Waals surface area (Å²) in [4.78, 5) is 11.0. The van der Waals surface area contributed by atoms with Crippen LogP contribution in [0.5, 0.6) is 0 Å². The van der Waals surface area contributed by atoms with E-state index in [0.717, 1.165) is 0 Å². The zero-order valence-electron chi connectivity index (χ0n) is 8.75. The third kappa shape index (κ3) is 2.79. The predicted octanol–water partition coefficient (Wildman–Crippen LogP) is 3.83. The molecule has 1 aromatic rings. The van der Waals surface area contributed by atoms with Crippen LogP contribution < -0.4 is 5.32 Å². The maximum atomic E-state index is 13.6. The first-order chi connectivity index (χ1) is 7.92. The van der Waals surface area contributed by atoms with Crippen molar-refractivity contribution in [2.75, 3.05) is 6.61 Å². The quantitative estimate of drug-likeness (QED) is 0.854. The molecule has 3 nitrogen and oxygen atoms in total. The molecule has 0 radical (unpaired) electrons. The Morgan fingerprint density at radius 2 is 2.06 bits per heavy atom. The number of nitrogens with one attached hydrogen (secondary N) is 1. The minimum absolute atomic E-state index is 0. The number of rotatable bonds is 1. The van der Waals surface area contributed by atoms with Crippen molar-refractivity contribution in [1.82, 2.24) is 5.32 Å². The number of alkyl halides is 2. The third-order valence-corrected chi connectivity index (χ3v) is 3.21. The van der Waals surface area contributed by atoms with E-state index in [0.29, 0.717) is 0 Å². The highest BCUT2D eigenvalue weighted by atomic mass is 35.5. The molecule has 1 amide bonds. The van der Waals surface area contributed by atoms with Gasteiger partial charge in [-0.15, -0.1) is 12.4 Å². The molecule has 1 aliphatic heterocycles. The van der Waals surface area contributed by atoms with Crippen LogP contribution in [0.15, 0.2) is 18.2 Å². The van der Waals surface area contributed by atoms with Crippen LogP contribution in [0, 0.1) is 0 Å². The number of alkyl carbamates (subject to hydrolysis) is 1. The maximum Gasteiger partial charge on any atom is 0.408 e. The van der Waals surface area contributed by atoms with E-state index in [1.54, 1.807) is 0 Å². The van der Waals surface area contributed by atoms with E-state index in [2.05, 4.69) is 4.74 Å². The number of hydrogen-bond donors (Lipinski definition) is 1. The molecule has 0 spiro atoms. The lowest BCUT2D eigenvalue weighted by Crippen LogP contribution is -2.49. The van der Waals surface area contributed by atoms with Gasteiger partial charge in [0.1, 0.15) is 6.04 Å². The molecule has 0 unspecified atom stereocenters. The van der Waals surface area contributed by atoms with Gasteiger partial charge in [-0.1, -0.05) is 35.3 Å². The van der Waals surface area contributed by atoms with Crippen molar-refractivity contribution in [1.29, 1.82) is 0 Å². The molecule has 1 aliphatic rings. The van der Waals surface area contributed by atoms with Crippen LogP contribution in [0.4, 0.5) is 13.6 Å². The summed E-state index contributed by atoms with van der Waals surface area (Å²) >= 11 is 11.6. The van der Waals surface area contributed by atoms with Gasteiger partial charge >= 0.3 is 12.0 Å². The predicted molar refractivity (Wildman–Crippen MR) is 65.9 cm³/mol. The van der Waals surface area contributed by atoms with Gasteiger partial charge in [-0.2, -0.15) is 0 Å². The maximum absolute atomic E-state index is 13.6. The topological polar surface area (TPSA) is 38.3 Å². The number of carbonyl (C=O) groups is 1. The van der Waals surface area contributed by atoms with Crippen LogP contribution >= 0.6 is 35.6 Å². The molecular formula is C10H8Cl3F2NO2. The molecule has 1 heterocycles. The van der Waals surface area contributed by atoms with E-state index < -0.39 is 24.7 Å². The summed E-state index contributed by atoms with van der Waals surface area (Å²) in [6, 6.07) is 2.82. The van der Waals surface area contributed by atoms with E-state index in [1.807, 2.05) is 5.32 Å². The van der Waals surface area contributed by atoms with Crippen LogP contribution in [-0.2, 0) is 4.74 Å². The van der Waals surface area contributed by atoms with Gasteiger partial charge < -0.3 is 10.1 Å². The first kappa shape index (κ1) is 15.3. The highest BCUT2D eigenvalue weighted by Gasteiger charge is 2.47. The van der Waals surface area contributed by atoms with Crippen LogP contribution in [0.2, 0.25) is 10.0 Å². The molecule has 8 heteroatoms. The Hall–Kier alpha value is -0.780. The third-order valence-electron chi connectivity index (χ3n) is 2.37. The number of amides is 1. The van der Waals surface area contributed by atoms with Crippen LogP contribution in [0.1, 0.15) is 11.6 Å². The van der Waals surface area contributed by atoms with Crippen LogP contribution in [0.3, 0.4) is 0 Å². The fourth-order valence-corrected chi connectivity index (χ4v) is 1.98. The van der Waals surface area contributed by atoms with Crippen molar-refractivity contribution in [2.24, 2.45) is 0 Å². The molecule has 18 heavy (non-hydrogen) atoms. The molecule has 0 aliphatic carbocycles. The van der Waals surface area contributed by atoms with Crippen molar-refractivity contribution < 1.29 is 18.3 Å². The molecule has 2 rings (SSSR count). The molecule has 1 N–H and O–H groups in total. The summed E-state index contributed by atoms with van der Waals surface area (Å²) in [6.07, 6.45) is -0.906. The summed E-state index contributed by atoms with van der Waals surface area (Å²) in [5.74, 6) is -3.23. The molecule has 1 atom stereocenters. The average molecular weight is 319 g/mol. The number of benzene rings is 1. The highest BCUT2D eigenvalue weighted by molar-refractivity contribution is 6.42. The minimum atomic E-state index is -3.23. The minimum Gasteiger partial charge on any atom is -0.443 e. The average Bonchev–Trinajstić information content (AvgIpc) is 2.26. The van der Waals surface area contributed by atoms with Crippen LogP contribution in [0.25, 0.3) is 0 Å². The van der Waals surface area contributed by atoms with Gasteiger partial charge in [0.05, 0.1) is 10.0 Å². The van der Waals surface area contributed by atoms with Gasteiger partial charge in [-0.3, -0.25) is 0 Å². The summed E-state index contributed by atoms with van der Waals surface area (Å²) in [5.41, 5.74) is 0.0702. The van der Waals surface area contributed by atoms with E-state index in [9.17, 15) is 13.6 Å². The zero-order valence-corrected chi connectivity index (χ0v) is 11.1. The molecule has 1 saturated heterocycles. The largest absolute Gasteiger partial charge is 0.443 e. The van der Waals surface area contributed by atoms with Gasteiger partial charge in [-0.25, -0.2) is 13.6 Å². The van der Waals surface area contributed by atoms with Crippen molar-refractivity contribution in [3.8, 4) is 0 Å². The standard InChI is InChI=1S/C10H7Cl2F2NO2.ClH/c11-6-3-1-2-5(7(6)12)8-10(13,14)4-17-9(16)15-8;/h1-3,8H,4H2,(H,15,16);1H/t8-;/m1./s1. The first-order valence-electron chi connectivity index (χ1n) is 4.67. The molecular weight excluding hydrogens is 310 g/mol. The van der Waals surface area contributed by atoms with Gasteiger partial charge in [0.2, 0.25) is 0 Å². The molecule has 1 fully saturated rings. The summed E-state index contributed by atoms with van der Waals surface area (Å²) in [7, 11) is 0. The van der Waals surface area contributed by atoms with Crippen molar-refractivity contribution in [3.63, 3.8) is 0 Å². The Balaban J connectivity index is 0.00000162. The monoisotopic (exact) mass is 317 g/mol. The lowest BCUT2D eigenvalue weighted by atomic mass is 10.00. The number of ether oxygens (including phenoxy) is 1. The van der Waals surface area contributed by atoms with E-state index in [-0.39, 0.29) is 28.0 Å². The normalized spacial score (nSPS) is 21.6. The number of carbonyl (C=O) groups excluding carboxylic acids is 1. The lowest BCUT2D eigenvalue weighted by Gasteiger charge is -2.32. The van der Waals surface area contributed by atoms with Gasteiger partial charge in [0.25, 0.3) is 0 Å². The smallest absolute Gasteiger partial charge is 0.408 e. The Labute approximate surface area is 118 Å². The van der Waals surface area contributed by atoms with Gasteiger partial charge in [0.15, 0.2) is 6.61 Å².